The third-order valence-corrected chi connectivity index (χ3v) is 4.47. The number of aromatic nitrogens is 4. The zero-order chi connectivity index (χ0) is 17.7. The minimum absolute atomic E-state index is 0.174. The average molecular weight is 346 g/mol. The van der Waals surface area contributed by atoms with Gasteiger partial charge < -0.3 is 20.4 Å². The van der Waals surface area contributed by atoms with Gasteiger partial charge in [0.2, 0.25) is 5.82 Å². The lowest BCUT2D eigenvalue weighted by atomic mass is 9.96. The summed E-state index contributed by atoms with van der Waals surface area (Å²) < 4.78 is 0. The van der Waals surface area contributed by atoms with E-state index < -0.39 is 5.60 Å². The van der Waals surface area contributed by atoms with E-state index in [-0.39, 0.29) is 12.6 Å². The summed E-state index contributed by atoms with van der Waals surface area (Å²) in [4.78, 5) is 14.0. The van der Waals surface area contributed by atoms with Crippen molar-refractivity contribution in [3.8, 4) is 11.4 Å². The Hall–Kier alpha value is -2.52. The van der Waals surface area contributed by atoms with Crippen LogP contribution in [0, 0.1) is 0 Å². The number of amides is 2. The van der Waals surface area contributed by atoms with Crippen LogP contribution in [0.4, 0.5) is 4.79 Å². The summed E-state index contributed by atoms with van der Waals surface area (Å²) in [5.74, 6) is 0.504. The first-order valence-electron chi connectivity index (χ1n) is 8.28. The van der Waals surface area contributed by atoms with Crippen molar-refractivity contribution in [2.75, 3.05) is 19.7 Å². The molecular formula is C16H22N6O3. The molecule has 0 radical (unpaired) electrons. The Morgan fingerprint density at radius 1 is 1.36 bits per heavy atom. The first-order valence-corrected chi connectivity index (χ1v) is 8.28. The highest BCUT2D eigenvalue weighted by Gasteiger charge is 2.30. The molecule has 4 N–H and O–H groups in total. The van der Waals surface area contributed by atoms with E-state index in [1.54, 1.807) is 4.90 Å². The predicted octanol–water partition coefficient (Wildman–Crippen LogP) is 0.286. The molecule has 25 heavy (non-hydrogen) atoms. The lowest BCUT2D eigenvalue weighted by Crippen LogP contribution is -2.41. The number of carbonyl (C=O) groups is 1. The molecule has 2 aromatic rings. The second-order valence-corrected chi connectivity index (χ2v) is 6.32. The number of aliphatic hydroxyl groups excluding tert-OH is 1. The van der Waals surface area contributed by atoms with E-state index in [1.165, 1.54) is 0 Å². The van der Waals surface area contributed by atoms with E-state index in [0.29, 0.717) is 44.7 Å². The van der Waals surface area contributed by atoms with Crippen LogP contribution in [0.3, 0.4) is 0 Å². The van der Waals surface area contributed by atoms with Gasteiger partial charge in [-0.25, -0.2) is 4.79 Å². The van der Waals surface area contributed by atoms with E-state index in [2.05, 4.69) is 25.9 Å². The molecule has 134 valence electrons. The maximum absolute atomic E-state index is 12.4. The van der Waals surface area contributed by atoms with Crippen molar-refractivity contribution >= 4 is 6.03 Å². The van der Waals surface area contributed by atoms with Crippen LogP contribution in [-0.4, -0.2) is 67.1 Å². The van der Waals surface area contributed by atoms with Crippen molar-refractivity contribution in [3.05, 3.63) is 29.8 Å². The van der Waals surface area contributed by atoms with E-state index >= 15 is 0 Å². The van der Waals surface area contributed by atoms with Gasteiger partial charge in [-0.05, 0) is 36.1 Å². The molecule has 0 saturated carbocycles. The number of likely N-dealkylation sites (tertiary alicyclic amines) is 1. The number of nitrogens with one attached hydrogen (secondary N) is 2. The minimum Gasteiger partial charge on any atom is -0.393 e. The number of benzene rings is 1. The van der Waals surface area contributed by atoms with Crippen LogP contribution in [0.1, 0.15) is 24.8 Å². The Balaban J connectivity index is 1.56. The summed E-state index contributed by atoms with van der Waals surface area (Å²) in [6.07, 6.45) is 1.54. The fourth-order valence-corrected chi connectivity index (χ4v) is 2.93. The fourth-order valence-electron chi connectivity index (χ4n) is 2.93. The molecule has 1 aromatic heterocycles. The number of aromatic amines is 1. The second kappa shape index (κ2) is 7.58. The van der Waals surface area contributed by atoms with Gasteiger partial charge in [0.15, 0.2) is 0 Å². The van der Waals surface area contributed by atoms with Gasteiger partial charge >= 0.3 is 6.03 Å². The number of hydrogen-bond acceptors (Lipinski definition) is 6. The summed E-state index contributed by atoms with van der Waals surface area (Å²) in [6.45, 7) is 1.10. The van der Waals surface area contributed by atoms with Gasteiger partial charge in [0, 0.05) is 25.2 Å². The molecule has 2 heterocycles. The summed E-state index contributed by atoms with van der Waals surface area (Å²) in [5.41, 5.74) is 0.675. The topological polar surface area (TPSA) is 127 Å². The van der Waals surface area contributed by atoms with E-state index in [1.807, 2.05) is 24.3 Å². The van der Waals surface area contributed by atoms with Crippen molar-refractivity contribution in [1.29, 1.82) is 0 Å². The quantitative estimate of drug-likeness (QED) is 0.630. The molecule has 0 aliphatic carbocycles. The monoisotopic (exact) mass is 346 g/mol. The molecular weight excluding hydrogens is 324 g/mol. The lowest BCUT2D eigenvalue weighted by Gasteiger charge is -2.24. The number of nitrogens with zero attached hydrogens (tertiary/aromatic N) is 4. The van der Waals surface area contributed by atoms with E-state index in [4.69, 9.17) is 0 Å². The summed E-state index contributed by atoms with van der Waals surface area (Å²) in [6, 6.07) is 7.39. The third-order valence-electron chi connectivity index (χ3n) is 4.47. The molecule has 1 atom stereocenters. The second-order valence-electron chi connectivity index (χ2n) is 6.32. The summed E-state index contributed by atoms with van der Waals surface area (Å²) in [5, 5.41) is 36.2. The number of tetrazole rings is 1. The van der Waals surface area contributed by atoms with Gasteiger partial charge in [0.25, 0.3) is 0 Å². The molecule has 1 aromatic carbocycles. The lowest BCUT2D eigenvalue weighted by molar-refractivity contribution is -0.0248. The van der Waals surface area contributed by atoms with Crippen LogP contribution in [0.25, 0.3) is 11.4 Å². The Bertz CT molecular complexity index is 708. The first kappa shape index (κ1) is 17.3. The van der Waals surface area contributed by atoms with Gasteiger partial charge in [-0.3, -0.25) is 0 Å². The fraction of sp³-hybridized carbons (Fsp3) is 0.500. The van der Waals surface area contributed by atoms with Gasteiger partial charge in [-0.1, -0.05) is 18.2 Å². The van der Waals surface area contributed by atoms with Gasteiger partial charge in [0.05, 0.1) is 12.2 Å². The van der Waals surface area contributed by atoms with Crippen LogP contribution in [0.5, 0.6) is 0 Å². The Kier molecular flexibility index (Phi) is 5.25. The van der Waals surface area contributed by atoms with Crippen molar-refractivity contribution in [2.45, 2.75) is 31.4 Å². The van der Waals surface area contributed by atoms with Crippen LogP contribution in [0.2, 0.25) is 0 Å². The van der Waals surface area contributed by atoms with Gasteiger partial charge in [0.1, 0.15) is 0 Å². The Morgan fingerprint density at radius 3 is 3.00 bits per heavy atom. The third kappa shape index (κ3) is 4.31. The van der Waals surface area contributed by atoms with Crippen LogP contribution >= 0.6 is 0 Å². The first-order chi connectivity index (χ1) is 12.1. The van der Waals surface area contributed by atoms with Crippen LogP contribution in [0.15, 0.2) is 24.3 Å². The SMILES string of the molecule is O=C(NCc1cccc(-c2nn[nH]n2)c1)N1CCC[C@@](O)(CO)CC1. The summed E-state index contributed by atoms with van der Waals surface area (Å²) in [7, 11) is 0. The van der Waals surface area contributed by atoms with Gasteiger partial charge in [-0.2, -0.15) is 5.21 Å². The number of hydrogen-bond donors (Lipinski definition) is 4. The molecule has 9 nitrogen and oxygen atoms in total. The van der Waals surface area contributed by atoms with Crippen molar-refractivity contribution in [2.24, 2.45) is 0 Å². The molecule has 9 heteroatoms. The minimum atomic E-state index is -1.08. The smallest absolute Gasteiger partial charge is 0.317 e. The number of carbonyl (C=O) groups excluding carboxylic acids is 1. The highest BCUT2D eigenvalue weighted by atomic mass is 16.3. The average Bonchev–Trinajstić information content (AvgIpc) is 3.10. The Labute approximate surface area is 145 Å². The van der Waals surface area contributed by atoms with Crippen molar-refractivity contribution < 1.29 is 15.0 Å². The molecule has 0 spiro atoms. The number of H-pyrrole nitrogens is 1. The molecule has 1 fully saturated rings. The zero-order valence-corrected chi connectivity index (χ0v) is 13.9. The number of rotatable bonds is 4. The molecule has 0 unspecified atom stereocenters. The Morgan fingerprint density at radius 2 is 2.24 bits per heavy atom. The number of aliphatic hydroxyl groups is 2. The standard InChI is InChI=1S/C16H22N6O3/c23-11-16(25)5-2-7-22(8-6-16)15(24)17-10-12-3-1-4-13(9-12)14-18-20-21-19-14/h1,3-4,9,23,25H,2,5-8,10-11H2,(H,17,24)(H,18,19,20,21)/t16-/m0/s1. The number of urea groups is 1. The highest BCUT2D eigenvalue weighted by Crippen LogP contribution is 2.21. The van der Waals surface area contributed by atoms with Crippen molar-refractivity contribution in [3.63, 3.8) is 0 Å². The van der Waals surface area contributed by atoms with Gasteiger partial charge in [-0.15, -0.1) is 10.2 Å². The van der Waals surface area contributed by atoms with E-state index in [9.17, 15) is 15.0 Å². The molecule has 1 saturated heterocycles. The maximum atomic E-state index is 12.4. The predicted molar refractivity (Wildman–Crippen MR) is 89.3 cm³/mol. The highest BCUT2D eigenvalue weighted by molar-refractivity contribution is 5.74. The van der Waals surface area contributed by atoms with Crippen LogP contribution in [-0.2, 0) is 6.54 Å². The zero-order valence-electron chi connectivity index (χ0n) is 13.9. The van der Waals surface area contributed by atoms with Crippen LogP contribution < -0.4 is 5.32 Å². The summed E-state index contributed by atoms with van der Waals surface area (Å²) >= 11 is 0. The largest absolute Gasteiger partial charge is 0.393 e. The molecule has 2 amide bonds. The molecule has 1 aliphatic rings. The molecule has 0 bridgehead atoms. The normalized spacial score (nSPS) is 21.0. The molecule has 1 aliphatic heterocycles. The van der Waals surface area contributed by atoms with E-state index in [0.717, 1.165) is 11.1 Å². The molecule has 3 rings (SSSR count). The van der Waals surface area contributed by atoms with Crippen molar-refractivity contribution in [1.82, 2.24) is 30.8 Å². The maximum Gasteiger partial charge on any atom is 0.317 e.